The second-order valence-corrected chi connectivity index (χ2v) is 12.8. The van der Waals surface area contributed by atoms with Crippen LogP contribution >= 0.6 is 0 Å². The van der Waals surface area contributed by atoms with Crippen molar-refractivity contribution in [3.8, 4) is 0 Å². The zero-order valence-electron chi connectivity index (χ0n) is 22.7. The molecular formula is C30H49N3O2. The van der Waals surface area contributed by atoms with Gasteiger partial charge in [0, 0.05) is 23.9 Å². The number of carbonyl (C=O) groups excluding carboxylic acids is 1. The number of piperidine rings is 1. The number of carbonyl (C=O) groups is 1. The first-order valence-corrected chi connectivity index (χ1v) is 14.4. The molecule has 0 spiro atoms. The lowest BCUT2D eigenvalue weighted by Gasteiger charge is -2.42. The minimum atomic E-state index is -0.437. The SMILES string of the molecule is [C-]#[N+]CC1(C2CCCC2)CCCCC1.[C-]#[N+]CC1(C2CCCC2)CCN(C(=O)OC(C)(C)C)CC1. The van der Waals surface area contributed by atoms with Gasteiger partial charge in [-0.2, -0.15) is 0 Å². The Kier molecular flexibility index (Phi) is 9.92. The second-order valence-electron chi connectivity index (χ2n) is 12.8. The highest BCUT2D eigenvalue weighted by atomic mass is 16.6. The molecule has 4 rings (SSSR count). The lowest BCUT2D eigenvalue weighted by Crippen LogP contribution is -2.48. The van der Waals surface area contributed by atoms with Crippen LogP contribution in [0.1, 0.15) is 117 Å². The Morgan fingerprint density at radius 1 is 0.771 bits per heavy atom. The molecule has 196 valence electrons. The fourth-order valence-electron chi connectivity index (χ4n) is 7.50. The van der Waals surface area contributed by atoms with E-state index in [0.717, 1.165) is 38.4 Å². The van der Waals surface area contributed by atoms with Crippen molar-refractivity contribution in [1.82, 2.24) is 4.90 Å². The molecular weight excluding hydrogens is 434 g/mol. The van der Waals surface area contributed by atoms with Crippen LogP contribution in [0.2, 0.25) is 0 Å². The highest BCUT2D eigenvalue weighted by Crippen LogP contribution is 2.49. The van der Waals surface area contributed by atoms with Gasteiger partial charge in [0.05, 0.1) is 0 Å². The van der Waals surface area contributed by atoms with E-state index in [0.29, 0.717) is 17.9 Å². The highest BCUT2D eigenvalue weighted by Gasteiger charge is 2.46. The van der Waals surface area contributed by atoms with Crippen LogP contribution in [-0.4, -0.2) is 42.8 Å². The zero-order chi connectivity index (χ0) is 25.4. The number of likely N-dealkylation sites (tertiary alicyclic amines) is 1. The van der Waals surface area contributed by atoms with E-state index in [9.17, 15) is 4.79 Å². The van der Waals surface area contributed by atoms with Gasteiger partial charge >= 0.3 is 6.09 Å². The summed E-state index contributed by atoms with van der Waals surface area (Å²) in [5.74, 6) is 1.59. The van der Waals surface area contributed by atoms with Gasteiger partial charge in [0.2, 0.25) is 13.1 Å². The van der Waals surface area contributed by atoms with E-state index in [1.165, 1.54) is 83.5 Å². The van der Waals surface area contributed by atoms with Crippen molar-refractivity contribution >= 4 is 6.09 Å². The molecule has 5 heteroatoms. The van der Waals surface area contributed by atoms with Crippen LogP contribution in [0.4, 0.5) is 4.79 Å². The first-order chi connectivity index (χ1) is 16.7. The van der Waals surface area contributed by atoms with Crippen molar-refractivity contribution in [3.05, 3.63) is 22.8 Å². The van der Waals surface area contributed by atoms with E-state index in [-0.39, 0.29) is 11.5 Å². The quantitative estimate of drug-likeness (QED) is 0.378. The van der Waals surface area contributed by atoms with Gasteiger partial charge < -0.3 is 19.3 Å². The Morgan fingerprint density at radius 2 is 1.20 bits per heavy atom. The monoisotopic (exact) mass is 483 g/mol. The maximum absolute atomic E-state index is 12.1. The third kappa shape index (κ3) is 7.38. The molecule has 0 radical (unpaired) electrons. The summed E-state index contributed by atoms with van der Waals surface area (Å²) in [5.41, 5.74) is 0.168. The van der Waals surface area contributed by atoms with Gasteiger partial charge in [-0.05, 0) is 84.0 Å². The summed E-state index contributed by atoms with van der Waals surface area (Å²) < 4.78 is 5.46. The fraction of sp³-hybridized carbons (Fsp3) is 0.900. The van der Waals surface area contributed by atoms with E-state index >= 15 is 0 Å². The number of hydrogen-bond acceptors (Lipinski definition) is 2. The lowest BCUT2D eigenvalue weighted by atomic mass is 9.65. The van der Waals surface area contributed by atoms with Gasteiger partial charge in [0.25, 0.3) is 0 Å². The molecule has 0 aromatic rings. The number of ether oxygens (including phenoxy) is 1. The number of hydrogen-bond donors (Lipinski definition) is 0. The van der Waals surface area contributed by atoms with Crippen LogP contribution in [-0.2, 0) is 4.74 Å². The third-order valence-corrected chi connectivity index (χ3v) is 9.49. The molecule has 0 bridgehead atoms. The summed E-state index contributed by atoms with van der Waals surface area (Å²) in [6.07, 6.45) is 19.4. The smallest absolute Gasteiger partial charge is 0.410 e. The molecule has 4 aliphatic rings. The standard InChI is InChI=1S/C17H28N2O2.C13H21N/c1-16(2,3)21-15(20)19-11-9-17(10-12-19,13-18-4)14-7-5-6-8-14;1-14-11-13(9-5-2-6-10-13)12-7-3-4-8-12/h14H,5-13H2,1-3H3;12H,2-11H2. The summed E-state index contributed by atoms with van der Waals surface area (Å²) in [7, 11) is 0. The molecule has 1 aliphatic heterocycles. The number of amides is 1. The van der Waals surface area contributed by atoms with Crippen LogP contribution in [0.3, 0.4) is 0 Å². The third-order valence-electron chi connectivity index (χ3n) is 9.49. The summed E-state index contributed by atoms with van der Waals surface area (Å²) >= 11 is 0. The first-order valence-electron chi connectivity index (χ1n) is 14.4. The summed E-state index contributed by atoms with van der Waals surface area (Å²) in [6, 6.07) is 0. The van der Waals surface area contributed by atoms with Crippen molar-refractivity contribution in [3.63, 3.8) is 0 Å². The molecule has 1 amide bonds. The van der Waals surface area contributed by atoms with Gasteiger partial charge in [0.15, 0.2) is 0 Å². The van der Waals surface area contributed by atoms with Crippen molar-refractivity contribution in [2.24, 2.45) is 22.7 Å². The van der Waals surface area contributed by atoms with E-state index in [4.69, 9.17) is 17.9 Å². The van der Waals surface area contributed by atoms with Crippen molar-refractivity contribution < 1.29 is 9.53 Å². The lowest BCUT2D eigenvalue weighted by molar-refractivity contribution is 0.00338. The summed E-state index contributed by atoms with van der Waals surface area (Å²) in [6.45, 7) is 23.1. The van der Waals surface area contributed by atoms with Crippen LogP contribution in [0.5, 0.6) is 0 Å². The Balaban J connectivity index is 0.000000211. The molecule has 3 aliphatic carbocycles. The minimum Gasteiger partial charge on any atom is -0.444 e. The zero-order valence-corrected chi connectivity index (χ0v) is 22.7. The van der Waals surface area contributed by atoms with Crippen molar-refractivity contribution in [2.75, 3.05) is 26.2 Å². The summed E-state index contributed by atoms with van der Waals surface area (Å²) in [4.78, 5) is 21.4. The summed E-state index contributed by atoms with van der Waals surface area (Å²) in [5, 5.41) is 0. The largest absolute Gasteiger partial charge is 0.444 e. The normalized spacial score (nSPS) is 24.7. The number of rotatable bonds is 4. The fourth-order valence-corrected chi connectivity index (χ4v) is 7.50. The second kappa shape index (κ2) is 12.5. The van der Waals surface area contributed by atoms with Gasteiger partial charge in [-0.15, -0.1) is 0 Å². The molecule has 1 heterocycles. The molecule has 3 saturated carbocycles. The predicted octanol–water partition coefficient (Wildman–Crippen LogP) is 8.16. The Hall–Kier alpha value is -1.75. The Morgan fingerprint density at radius 3 is 1.60 bits per heavy atom. The first kappa shape index (κ1) is 27.8. The molecule has 4 fully saturated rings. The average Bonchev–Trinajstić information content (AvgIpc) is 3.55. The molecule has 0 aromatic heterocycles. The molecule has 1 saturated heterocycles. The van der Waals surface area contributed by atoms with Crippen LogP contribution < -0.4 is 0 Å². The Bertz CT molecular complexity index is 746. The van der Waals surface area contributed by atoms with Gasteiger partial charge in [-0.1, -0.05) is 44.9 Å². The van der Waals surface area contributed by atoms with Gasteiger partial charge in [0.1, 0.15) is 5.60 Å². The van der Waals surface area contributed by atoms with Gasteiger partial charge in [-0.25, -0.2) is 17.9 Å². The van der Waals surface area contributed by atoms with Gasteiger partial charge in [-0.3, -0.25) is 0 Å². The van der Waals surface area contributed by atoms with E-state index in [2.05, 4.69) is 9.69 Å². The van der Waals surface area contributed by atoms with E-state index in [1.807, 2.05) is 25.7 Å². The molecule has 0 N–H and O–H groups in total. The topological polar surface area (TPSA) is 38.3 Å². The van der Waals surface area contributed by atoms with Crippen LogP contribution in [0, 0.1) is 35.8 Å². The molecule has 0 atom stereocenters. The average molecular weight is 484 g/mol. The minimum absolute atomic E-state index is 0.150. The van der Waals surface area contributed by atoms with Crippen molar-refractivity contribution in [2.45, 2.75) is 123 Å². The van der Waals surface area contributed by atoms with E-state index < -0.39 is 5.60 Å². The predicted molar refractivity (Wildman–Crippen MR) is 142 cm³/mol. The molecule has 0 aromatic carbocycles. The Labute approximate surface area is 215 Å². The van der Waals surface area contributed by atoms with Crippen LogP contribution in [0.25, 0.3) is 9.69 Å². The van der Waals surface area contributed by atoms with E-state index in [1.54, 1.807) is 0 Å². The maximum atomic E-state index is 12.1. The molecule has 5 nitrogen and oxygen atoms in total. The maximum Gasteiger partial charge on any atom is 0.410 e. The molecule has 0 unspecified atom stereocenters. The van der Waals surface area contributed by atoms with Crippen LogP contribution in [0.15, 0.2) is 0 Å². The number of nitrogens with zero attached hydrogens (tertiary/aromatic N) is 3. The van der Waals surface area contributed by atoms with Crippen molar-refractivity contribution in [1.29, 1.82) is 0 Å². The highest BCUT2D eigenvalue weighted by molar-refractivity contribution is 5.68. The molecule has 35 heavy (non-hydrogen) atoms.